The maximum Gasteiger partial charge on any atom is 0.287 e. The van der Waals surface area contributed by atoms with Crippen molar-refractivity contribution < 1.29 is 16.8 Å². The van der Waals surface area contributed by atoms with Crippen LogP contribution in [0.4, 0.5) is 0 Å². The van der Waals surface area contributed by atoms with E-state index < -0.39 is 22.6 Å². The van der Waals surface area contributed by atoms with Gasteiger partial charge in [0.1, 0.15) is 4.90 Å². The third kappa shape index (κ3) is 2.44. The van der Waals surface area contributed by atoms with Gasteiger partial charge in [0.2, 0.25) is 0 Å². The molecule has 4 nitrogen and oxygen atoms in total. The van der Waals surface area contributed by atoms with Crippen molar-refractivity contribution in [3.05, 3.63) is 58.6 Å². The monoisotopic (exact) mass is 350 g/mol. The molecular formula is C12H8Cl2O4S2. The van der Waals surface area contributed by atoms with E-state index in [-0.39, 0.29) is 14.9 Å². The van der Waals surface area contributed by atoms with Crippen molar-refractivity contribution >= 4 is 40.9 Å². The molecule has 0 aromatic heterocycles. The molecular weight excluding hydrogens is 343 g/mol. The molecule has 2 rings (SSSR count). The zero-order chi connectivity index (χ0) is 15.0. The van der Waals surface area contributed by atoms with Crippen molar-refractivity contribution in [2.24, 2.45) is 0 Å². The lowest BCUT2D eigenvalue weighted by Crippen LogP contribution is -2.16. The van der Waals surface area contributed by atoms with E-state index in [1.165, 1.54) is 36.4 Å². The summed E-state index contributed by atoms with van der Waals surface area (Å²) in [5.74, 6) is 0. The van der Waals surface area contributed by atoms with E-state index in [1.807, 2.05) is 0 Å². The van der Waals surface area contributed by atoms with Crippen molar-refractivity contribution in [1.29, 1.82) is 0 Å². The maximum atomic E-state index is 12.3. The molecule has 0 atom stereocenters. The summed E-state index contributed by atoms with van der Waals surface area (Å²) in [6, 6.07) is 10.6. The van der Waals surface area contributed by atoms with Crippen LogP contribution in [0.2, 0.25) is 10.0 Å². The number of benzene rings is 2. The van der Waals surface area contributed by atoms with Gasteiger partial charge in [-0.1, -0.05) is 47.5 Å². The Morgan fingerprint density at radius 1 is 0.700 bits per heavy atom. The van der Waals surface area contributed by atoms with Crippen molar-refractivity contribution in [3.63, 3.8) is 0 Å². The number of hydrogen-bond acceptors (Lipinski definition) is 4. The van der Waals surface area contributed by atoms with E-state index in [0.717, 1.165) is 6.07 Å². The van der Waals surface area contributed by atoms with E-state index in [1.54, 1.807) is 6.07 Å². The Hall–Kier alpha value is -1.08. The van der Waals surface area contributed by atoms with Crippen LogP contribution in [0.5, 0.6) is 0 Å². The topological polar surface area (TPSA) is 68.3 Å². The third-order valence-corrected chi connectivity index (χ3v) is 8.59. The second-order valence-corrected chi connectivity index (χ2v) is 9.92. The summed E-state index contributed by atoms with van der Waals surface area (Å²) >= 11 is 11.5. The van der Waals surface area contributed by atoms with E-state index in [4.69, 9.17) is 23.2 Å². The summed E-state index contributed by atoms with van der Waals surface area (Å²) in [6.07, 6.45) is 0. The quantitative estimate of drug-likeness (QED) is 0.797. The summed E-state index contributed by atoms with van der Waals surface area (Å²) in [5.41, 5.74) is 0. The summed E-state index contributed by atoms with van der Waals surface area (Å²) in [5, 5.41) is -0.343. The highest BCUT2D eigenvalue weighted by Gasteiger charge is 2.35. The van der Waals surface area contributed by atoms with Gasteiger partial charge in [-0.25, -0.2) is 16.8 Å². The zero-order valence-electron chi connectivity index (χ0n) is 9.82. The van der Waals surface area contributed by atoms with Gasteiger partial charge >= 0.3 is 0 Å². The molecule has 2 aromatic rings. The Labute approximate surface area is 126 Å². The van der Waals surface area contributed by atoms with E-state index in [0.29, 0.717) is 0 Å². The predicted octanol–water partition coefficient (Wildman–Crippen LogP) is 3.16. The molecule has 8 heteroatoms. The highest BCUT2D eigenvalue weighted by Crippen LogP contribution is 2.33. The van der Waals surface area contributed by atoms with Crippen LogP contribution in [-0.4, -0.2) is 16.8 Å². The van der Waals surface area contributed by atoms with Gasteiger partial charge in [-0.15, -0.1) is 0 Å². The fourth-order valence-electron chi connectivity index (χ4n) is 1.51. The first-order valence-corrected chi connectivity index (χ1v) is 9.51. The first-order valence-electron chi connectivity index (χ1n) is 5.27. The molecule has 0 N–H and O–H groups in total. The molecule has 2 aromatic carbocycles. The summed E-state index contributed by atoms with van der Waals surface area (Å²) in [4.78, 5) is -0.855. The van der Waals surface area contributed by atoms with Crippen molar-refractivity contribution in [1.82, 2.24) is 0 Å². The lowest BCUT2D eigenvalue weighted by molar-refractivity contribution is 0.582. The third-order valence-electron chi connectivity index (χ3n) is 2.51. The first-order chi connectivity index (χ1) is 9.28. The Morgan fingerprint density at radius 2 is 1.30 bits per heavy atom. The minimum atomic E-state index is -4.69. The van der Waals surface area contributed by atoms with Gasteiger partial charge in [0, 0.05) is 0 Å². The van der Waals surface area contributed by atoms with E-state index >= 15 is 0 Å². The number of halogens is 2. The summed E-state index contributed by atoms with van der Waals surface area (Å²) in [7, 11) is -9.29. The molecule has 0 amide bonds. The molecule has 20 heavy (non-hydrogen) atoms. The van der Waals surface area contributed by atoms with Gasteiger partial charge < -0.3 is 0 Å². The van der Waals surface area contributed by atoms with Crippen molar-refractivity contribution in [2.75, 3.05) is 0 Å². The molecule has 0 bridgehead atoms. The van der Waals surface area contributed by atoms with Gasteiger partial charge in [0.15, 0.2) is 0 Å². The van der Waals surface area contributed by atoms with Crippen LogP contribution in [0.25, 0.3) is 0 Å². The van der Waals surface area contributed by atoms with Gasteiger partial charge in [-0.3, -0.25) is 0 Å². The van der Waals surface area contributed by atoms with Gasteiger partial charge in [-0.2, -0.15) is 0 Å². The molecule has 106 valence electrons. The maximum absolute atomic E-state index is 12.3. The minimum absolute atomic E-state index is 0.0315. The Bertz CT molecular complexity index is 844. The van der Waals surface area contributed by atoms with Crippen LogP contribution >= 0.6 is 23.2 Å². The van der Waals surface area contributed by atoms with Crippen LogP contribution < -0.4 is 0 Å². The predicted molar refractivity (Wildman–Crippen MR) is 77.3 cm³/mol. The molecule has 0 fully saturated rings. The molecule has 0 unspecified atom stereocenters. The number of rotatable bonds is 3. The molecule has 0 aliphatic carbocycles. The highest BCUT2D eigenvalue weighted by molar-refractivity contribution is 8.67. The SMILES string of the molecule is O=S(=O)(c1ccccc1)S(=O)(=O)c1cccc(Cl)c1Cl. The molecule has 0 spiro atoms. The van der Waals surface area contributed by atoms with Crippen LogP contribution in [0.3, 0.4) is 0 Å². The highest BCUT2D eigenvalue weighted by atomic mass is 35.5. The normalized spacial score (nSPS) is 12.3. The Morgan fingerprint density at radius 3 is 1.90 bits per heavy atom. The fourth-order valence-corrected chi connectivity index (χ4v) is 6.08. The number of hydrogen-bond donors (Lipinski definition) is 0. The molecule has 0 saturated carbocycles. The standard InChI is InChI=1S/C12H8Cl2O4S2/c13-10-7-4-8-11(12(10)14)20(17,18)19(15,16)9-5-2-1-3-6-9/h1-8H. The van der Waals surface area contributed by atoms with Gasteiger partial charge in [0.05, 0.1) is 14.9 Å². The lowest BCUT2D eigenvalue weighted by Gasteiger charge is -2.08. The summed E-state index contributed by atoms with van der Waals surface area (Å²) < 4.78 is 49.0. The molecule has 0 aliphatic rings. The van der Waals surface area contributed by atoms with Crippen LogP contribution in [0.15, 0.2) is 58.3 Å². The van der Waals surface area contributed by atoms with E-state index in [9.17, 15) is 16.8 Å². The lowest BCUT2D eigenvalue weighted by atomic mass is 10.4. The first kappa shape index (κ1) is 15.3. The second kappa shape index (κ2) is 5.37. The molecule has 0 saturated heterocycles. The Kier molecular flexibility index (Phi) is 4.11. The molecule has 0 aliphatic heterocycles. The van der Waals surface area contributed by atoms with Crippen molar-refractivity contribution in [2.45, 2.75) is 9.79 Å². The van der Waals surface area contributed by atoms with E-state index in [2.05, 4.69) is 0 Å². The van der Waals surface area contributed by atoms with Gasteiger partial charge in [0.25, 0.3) is 17.7 Å². The average molecular weight is 351 g/mol. The van der Waals surface area contributed by atoms with Crippen LogP contribution in [0.1, 0.15) is 0 Å². The zero-order valence-corrected chi connectivity index (χ0v) is 13.0. The Balaban J connectivity index is 2.71. The van der Waals surface area contributed by atoms with Crippen molar-refractivity contribution in [3.8, 4) is 0 Å². The van der Waals surface area contributed by atoms with Crippen LogP contribution in [0, 0.1) is 0 Å². The second-order valence-electron chi connectivity index (χ2n) is 3.77. The smallest absolute Gasteiger partial charge is 0.207 e. The average Bonchev–Trinajstić information content (AvgIpc) is 2.42. The van der Waals surface area contributed by atoms with Crippen LogP contribution in [-0.2, 0) is 17.7 Å². The molecule has 0 heterocycles. The van der Waals surface area contributed by atoms with Gasteiger partial charge in [-0.05, 0) is 24.3 Å². The largest absolute Gasteiger partial charge is 0.287 e. The molecule has 0 radical (unpaired) electrons. The fraction of sp³-hybridized carbons (Fsp3) is 0. The minimum Gasteiger partial charge on any atom is -0.207 e. The summed E-state index contributed by atoms with van der Waals surface area (Å²) in [6.45, 7) is 0.